The quantitative estimate of drug-likeness (QED) is 0.754. The number of hydrogen-bond acceptors (Lipinski definition) is 1. The molecular formula is C12H11ClN2. The fourth-order valence-electron chi connectivity index (χ4n) is 1.78. The van der Waals surface area contributed by atoms with Crippen molar-refractivity contribution < 1.29 is 0 Å². The summed E-state index contributed by atoms with van der Waals surface area (Å²) >= 11 is 6.13. The van der Waals surface area contributed by atoms with E-state index < -0.39 is 0 Å². The molecule has 3 heteroatoms. The van der Waals surface area contributed by atoms with E-state index in [1.165, 1.54) is 0 Å². The van der Waals surface area contributed by atoms with Crippen LogP contribution in [0.2, 0.25) is 5.02 Å². The third kappa shape index (κ3) is 1.60. The summed E-state index contributed by atoms with van der Waals surface area (Å²) in [7, 11) is 0. The molecule has 2 rings (SSSR count). The molecule has 0 saturated carbocycles. The molecular weight excluding hydrogens is 208 g/mol. The first-order chi connectivity index (χ1) is 7.27. The van der Waals surface area contributed by atoms with Gasteiger partial charge in [0.15, 0.2) is 0 Å². The molecule has 0 bridgehead atoms. The Morgan fingerprint density at radius 2 is 2.27 bits per heavy atom. The van der Waals surface area contributed by atoms with Gasteiger partial charge in [-0.05, 0) is 18.6 Å². The van der Waals surface area contributed by atoms with Gasteiger partial charge in [0.2, 0.25) is 0 Å². The molecule has 1 aromatic heterocycles. The lowest BCUT2D eigenvalue weighted by atomic mass is 10.2. The Kier molecular flexibility index (Phi) is 2.66. The third-order valence-electron chi connectivity index (χ3n) is 2.56. The molecule has 0 radical (unpaired) electrons. The Hall–Kier alpha value is -1.46. The number of para-hydroxylation sites is 1. The van der Waals surface area contributed by atoms with Gasteiger partial charge in [-0.15, -0.1) is 0 Å². The number of aromatic nitrogens is 1. The van der Waals surface area contributed by atoms with Gasteiger partial charge in [0.25, 0.3) is 0 Å². The van der Waals surface area contributed by atoms with Crippen LogP contribution in [0.5, 0.6) is 0 Å². The summed E-state index contributed by atoms with van der Waals surface area (Å²) in [6.07, 6.45) is 2.71. The summed E-state index contributed by atoms with van der Waals surface area (Å²) in [5, 5.41) is 10.8. The molecule has 15 heavy (non-hydrogen) atoms. The number of hydrogen-bond donors (Lipinski definition) is 0. The molecule has 1 aromatic carbocycles. The predicted molar refractivity (Wildman–Crippen MR) is 61.9 cm³/mol. The number of fused-ring (bicyclic) bond motifs is 1. The lowest BCUT2D eigenvalue weighted by molar-refractivity contribution is 0.617. The Morgan fingerprint density at radius 3 is 2.93 bits per heavy atom. The maximum Gasteiger partial charge on any atom is 0.120 e. The topological polar surface area (TPSA) is 28.7 Å². The van der Waals surface area contributed by atoms with Crippen molar-refractivity contribution in [3.05, 3.63) is 35.5 Å². The first-order valence-electron chi connectivity index (χ1n) is 4.92. The molecule has 0 aliphatic heterocycles. The van der Waals surface area contributed by atoms with Crippen LogP contribution in [0.3, 0.4) is 0 Å². The molecule has 76 valence electrons. The summed E-state index contributed by atoms with van der Waals surface area (Å²) in [6.45, 7) is 2.00. The predicted octanol–water partition coefficient (Wildman–Crippen LogP) is 3.77. The molecule has 0 saturated heterocycles. The molecule has 0 fully saturated rings. The summed E-state index contributed by atoms with van der Waals surface area (Å²) in [5.41, 5.74) is 0.951. The number of nitriles is 1. The summed E-state index contributed by atoms with van der Waals surface area (Å²) < 4.78 is 1.94. The highest BCUT2D eigenvalue weighted by atomic mass is 35.5. The standard InChI is InChI=1S/C12H11ClN2/c1-2-10(8-14)15-7-6-9-4-3-5-11(13)12(9)15/h3-7,10H,2H2,1H3. The fraction of sp³-hybridized carbons (Fsp3) is 0.250. The van der Waals surface area contributed by atoms with Crippen LogP contribution < -0.4 is 0 Å². The highest BCUT2D eigenvalue weighted by Crippen LogP contribution is 2.27. The second kappa shape index (κ2) is 3.96. The van der Waals surface area contributed by atoms with Crippen molar-refractivity contribution in [1.82, 2.24) is 4.57 Å². The van der Waals surface area contributed by atoms with Crippen LogP contribution >= 0.6 is 11.6 Å². The Labute approximate surface area is 93.7 Å². The zero-order chi connectivity index (χ0) is 10.8. The van der Waals surface area contributed by atoms with Crippen molar-refractivity contribution in [2.24, 2.45) is 0 Å². The van der Waals surface area contributed by atoms with Crippen LogP contribution in [0.15, 0.2) is 30.5 Å². The van der Waals surface area contributed by atoms with Gasteiger partial charge in [0.1, 0.15) is 6.04 Å². The van der Waals surface area contributed by atoms with E-state index in [1.54, 1.807) is 0 Å². The zero-order valence-corrected chi connectivity index (χ0v) is 9.20. The van der Waals surface area contributed by atoms with E-state index >= 15 is 0 Å². The minimum Gasteiger partial charge on any atom is -0.330 e. The molecule has 1 unspecified atom stereocenters. The molecule has 0 amide bonds. The van der Waals surface area contributed by atoms with Gasteiger partial charge in [-0.1, -0.05) is 30.7 Å². The van der Waals surface area contributed by atoms with E-state index in [0.717, 1.165) is 17.3 Å². The molecule has 0 aliphatic rings. The molecule has 0 N–H and O–H groups in total. The van der Waals surface area contributed by atoms with E-state index in [1.807, 2.05) is 42.0 Å². The van der Waals surface area contributed by atoms with Crippen LogP contribution in [0.4, 0.5) is 0 Å². The minimum absolute atomic E-state index is 0.137. The van der Waals surface area contributed by atoms with E-state index in [0.29, 0.717) is 5.02 Å². The SMILES string of the molecule is CCC(C#N)n1ccc2cccc(Cl)c21. The second-order valence-electron chi connectivity index (χ2n) is 3.45. The maximum absolute atomic E-state index is 9.03. The van der Waals surface area contributed by atoms with Gasteiger partial charge in [-0.25, -0.2) is 0 Å². The van der Waals surface area contributed by atoms with Gasteiger partial charge in [0.05, 0.1) is 16.6 Å². The molecule has 0 spiro atoms. The average Bonchev–Trinajstić information content (AvgIpc) is 2.66. The van der Waals surface area contributed by atoms with Crippen molar-refractivity contribution in [2.45, 2.75) is 19.4 Å². The van der Waals surface area contributed by atoms with Gasteiger partial charge >= 0.3 is 0 Å². The van der Waals surface area contributed by atoms with Crippen LogP contribution in [0, 0.1) is 11.3 Å². The van der Waals surface area contributed by atoms with Gasteiger partial charge < -0.3 is 4.57 Å². The Balaban J connectivity index is 2.68. The first-order valence-corrected chi connectivity index (χ1v) is 5.30. The molecule has 0 aliphatic carbocycles. The fourth-order valence-corrected chi connectivity index (χ4v) is 2.06. The largest absolute Gasteiger partial charge is 0.330 e. The van der Waals surface area contributed by atoms with E-state index in [9.17, 15) is 0 Å². The number of nitrogens with zero attached hydrogens (tertiary/aromatic N) is 2. The third-order valence-corrected chi connectivity index (χ3v) is 2.87. The van der Waals surface area contributed by atoms with Crippen LogP contribution in [0.25, 0.3) is 10.9 Å². The van der Waals surface area contributed by atoms with E-state index in [-0.39, 0.29) is 6.04 Å². The molecule has 2 aromatic rings. The monoisotopic (exact) mass is 218 g/mol. The average molecular weight is 219 g/mol. The Morgan fingerprint density at radius 1 is 1.47 bits per heavy atom. The van der Waals surface area contributed by atoms with Crippen molar-refractivity contribution in [1.29, 1.82) is 5.26 Å². The molecule has 2 nitrogen and oxygen atoms in total. The number of rotatable bonds is 2. The van der Waals surface area contributed by atoms with Crippen LogP contribution in [-0.4, -0.2) is 4.57 Å². The lowest BCUT2D eigenvalue weighted by Gasteiger charge is -2.10. The maximum atomic E-state index is 9.03. The van der Waals surface area contributed by atoms with E-state index in [4.69, 9.17) is 16.9 Å². The smallest absolute Gasteiger partial charge is 0.120 e. The van der Waals surface area contributed by atoms with Crippen molar-refractivity contribution >= 4 is 22.5 Å². The summed E-state index contributed by atoms with van der Waals surface area (Å²) in [4.78, 5) is 0. The summed E-state index contributed by atoms with van der Waals surface area (Å²) in [5.74, 6) is 0. The molecule has 1 heterocycles. The Bertz CT molecular complexity index is 522. The number of halogens is 1. The normalized spacial score (nSPS) is 12.6. The highest BCUT2D eigenvalue weighted by Gasteiger charge is 2.11. The summed E-state index contributed by atoms with van der Waals surface area (Å²) in [6, 6.07) is 9.90. The number of benzene rings is 1. The van der Waals surface area contributed by atoms with Crippen molar-refractivity contribution in [3.8, 4) is 6.07 Å². The van der Waals surface area contributed by atoms with Crippen molar-refractivity contribution in [3.63, 3.8) is 0 Å². The zero-order valence-electron chi connectivity index (χ0n) is 8.44. The van der Waals surface area contributed by atoms with Gasteiger partial charge in [0, 0.05) is 11.6 Å². The van der Waals surface area contributed by atoms with E-state index in [2.05, 4.69) is 6.07 Å². The first kappa shape index (κ1) is 10.1. The second-order valence-corrected chi connectivity index (χ2v) is 3.86. The molecule has 1 atom stereocenters. The van der Waals surface area contributed by atoms with Crippen molar-refractivity contribution in [2.75, 3.05) is 0 Å². The van der Waals surface area contributed by atoms with Crippen LogP contribution in [0.1, 0.15) is 19.4 Å². The minimum atomic E-state index is -0.137. The van der Waals surface area contributed by atoms with Crippen LogP contribution in [-0.2, 0) is 0 Å². The van der Waals surface area contributed by atoms with Gasteiger partial charge in [-0.3, -0.25) is 0 Å². The van der Waals surface area contributed by atoms with Gasteiger partial charge in [-0.2, -0.15) is 5.26 Å². The highest BCUT2D eigenvalue weighted by molar-refractivity contribution is 6.35. The lowest BCUT2D eigenvalue weighted by Crippen LogP contribution is -2.03.